The number of likely N-dealkylation sites (N-methyl/N-ethyl adjacent to an activating group) is 1. The van der Waals surface area contributed by atoms with E-state index in [1.807, 2.05) is 7.05 Å². The molecule has 0 atom stereocenters. The molecule has 0 aromatic carbocycles. The minimum absolute atomic E-state index is 0.0415. The highest BCUT2D eigenvalue weighted by molar-refractivity contribution is 5.96. The molecule has 0 heterocycles. The Morgan fingerprint density at radius 2 is 1.78 bits per heavy atom. The molecule has 0 saturated heterocycles. The van der Waals surface area contributed by atoms with Gasteiger partial charge in [0.2, 0.25) is 0 Å². The average molecular weight is 255 g/mol. The van der Waals surface area contributed by atoms with Crippen molar-refractivity contribution in [1.29, 1.82) is 0 Å². The number of nitrogens with zero attached hydrogens (tertiary/aromatic N) is 1. The summed E-state index contributed by atoms with van der Waals surface area (Å²) in [6, 6.07) is 0.499. The third kappa shape index (κ3) is 5.63. The van der Waals surface area contributed by atoms with Gasteiger partial charge in [0.25, 0.3) is 0 Å². The fraction of sp³-hybridized carbons (Fsp3) is 0.857. The van der Waals surface area contributed by atoms with Gasteiger partial charge in [-0.2, -0.15) is 0 Å². The minimum atomic E-state index is -0.406. The van der Waals surface area contributed by atoms with Crippen LogP contribution in [0.5, 0.6) is 0 Å². The van der Waals surface area contributed by atoms with Crippen LogP contribution in [-0.2, 0) is 14.3 Å². The van der Waals surface area contributed by atoms with Crippen molar-refractivity contribution in [1.82, 2.24) is 4.90 Å². The van der Waals surface area contributed by atoms with Crippen LogP contribution in [0.3, 0.4) is 0 Å². The fourth-order valence-corrected chi connectivity index (χ4v) is 2.53. The molecule has 0 bridgehead atoms. The van der Waals surface area contributed by atoms with E-state index in [1.165, 1.54) is 38.5 Å². The van der Waals surface area contributed by atoms with Crippen LogP contribution in [0.2, 0.25) is 0 Å². The van der Waals surface area contributed by atoms with E-state index in [4.69, 9.17) is 4.74 Å². The van der Waals surface area contributed by atoms with E-state index in [0.29, 0.717) is 19.2 Å². The van der Waals surface area contributed by atoms with Gasteiger partial charge in [0, 0.05) is 6.04 Å². The maximum Gasteiger partial charge on any atom is 0.313 e. The van der Waals surface area contributed by atoms with E-state index in [2.05, 4.69) is 4.90 Å². The average Bonchev–Trinajstić information content (AvgIpc) is 2.57. The molecule has 0 unspecified atom stereocenters. The summed E-state index contributed by atoms with van der Waals surface area (Å²) in [6.45, 7) is 2.45. The molecule has 104 valence electrons. The van der Waals surface area contributed by atoms with E-state index in [9.17, 15) is 9.59 Å². The number of hydrogen-bond acceptors (Lipinski definition) is 4. The zero-order valence-corrected chi connectivity index (χ0v) is 11.6. The maximum atomic E-state index is 11.7. The maximum absolute atomic E-state index is 11.7. The number of ketones is 1. The Balaban J connectivity index is 2.31. The van der Waals surface area contributed by atoms with Gasteiger partial charge >= 0.3 is 5.97 Å². The summed E-state index contributed by atoms with van der Waals surface area (Å²) in [7, 11) is 1.99. The Morgan fingerprint density at radius 3 is 2.33 bits per heavy atom. The van der Waals surface area contributed by atoms with E-state index < -0.39 is 5.97 Å². The smallest absolute Gasteiger partial charge is 0.313 e. The molecule has 0 aromatic rings. The lowest BCUT2D eigenvalue weighted by molar-refractivity contribution is -0.145. The molecule has 1 saturated carbocycles. The van der Waals surface area contributed by atoms with E-state index in [-0.39, 0.29) is 12.2 Å². The Labute approximate surface area is 110 Å². The van der Waals surface area contributed by atoms with Crippen molar-refractivity contribution in [3.05, 3.63) is 0 Å². The van der Waals surface area contributed by atoms with Crippen molar-refractivity contribution in [2.75, 3.05) is 20.2 Å². The second-order valence-corrected chi connectivity index (χ2v) is 5.08. The summed E-state index contributed by atoms with van der Waals surface area (Å²) < 4.78 is 4.78. The largest absolute Gasteiger partial charge is 0.466 e. The van der Waals surface area contributed by atoms with Crippen LogP contribution in [0.1, 0.15) is 51.9 Å². The van der Waals surface area contributed by atoms with Crippen LogP contribution in [0.25, 0.3) is 0 Å². The molecule has 1 rings (SSSR count). The first kappa shape index (κ1) is 15.2. The molecule has 1 aliphatic rings. The number of carbonyl (C=O) groups excluding carboxylic acids is 2. The van der Waals surface area contributed by atoms with Crippen LogP contribution in [-0.4, -0.2) is 42.9 Å². The van der Waals surface area contributed by atoms with Gasteiger partial charge in [-0.05, 0) is 26.8 Å². The lowest BCUT2D eigenvalue weighted by atomic mass is 10.1. The van der Waals surface area contributed by atoms with Gasteiger partial charge in [0.1, 0.15) is 6.42 Å². The standard InChI is InChI=1S/C14H25NO3/c1-3-18-14(17)10-13(16)11-15(2)12-8-6-4-5-7-9-12/h12H,3-11H2,1-2H3. The van der Waals surface area contributed by atoms with Gasteiger partial charge in [0.05, 0.1) is 13.2 Å². The molecule has 18 heavy (non-hydrogen) atoms. The number of ether oxygens (including phenoxy) is 1. The van der Waals surface area contributed by atoms with Gasteiger partial charge in [-0.1, -0.05) is 25.7 Å². The van der Waals surface area contributed by atoms with Gasteiger partial charge in [-0.3, -0.25) is 14.5 Å². The molecule has 0 amide bonds. The highest BCUT2D eigenvalue weighted by Crippen LogP contribution is 2.20. The minimum Gasteiger partial charge on any atom is -0.466 e. The quantitative estimate of drug-likeness (QED) is 0.414. The molecule has 4 nitrogen and oxygen atoms in total. The fourth-order valence-electron chi connectivity index (χ4n) is 2.53. The number of carbonyl (C=O) groups is 2. The van der Waals surface area contributed by atoms with Crippen molar-refractivity contribution < 1.29 is 14.3 Å². The van der Waals surface area contributed by atoms with Crippen LogP contribution in [0, 0.1) is 0 Å². The van der Waals surface area contributed by atoms with Gasteiger partial charge in [-0.15, -0.1) is 0 Å². The van der Waals surface area contributed by atoms with Crippen LogP contribution in [0.15, 0.2) is 0 Å². The van der Waals surface area contributed by atoms with Crippen molar-refractivity contribution in [2.24, 2.45) is 0 Å². The second kappa shape index (κ2) is 8.25. The highest BCUT2D eigenvalue weighted by Gasteiger charge is 2.20. The summed E-state index contributed by atoms with van der Waals surface area (Å²) in [5, 5.41) is 0. The highest BCUT2D eigenvalue weighted by atomic mass is 16.5. The zero-order chi connectivity index (χ0) is 13.4. The van der Waals surface area contributed by atoms with Crippen LogP contribution in [0.4, 0.5) is 0 Å². The van der Waals surface area contributed by atoms with Gasteiger partial charge in [0.15, 0.2) is 5.78 Å². The van der Waals surface area contributed by atoms with Gasteiger partial charge < -0.3 is 4.74 Å². The molecule has 1 fully saturated rings. The summed E-state index contributed by atoms with van der Waals surface area (Å²) in [5.41, 5.74) is 0. The number of Topliss-reactive ketones (excluding diaryl/α,β-unsaturated/α-hetero) is 1. The van der Waals surface area contributed by atoms with E-state index in [1.54, 1.807) is 6.92 Å². The molecule has 0 spiro atoms. The first-order chi connectivity index (χ1) is 8.63. The zero-order valence-electron chi connectivity index (χ0n) is 11.6. The molecule has 4 heteroatoms. The second-order valence-electron chi connectivity index (χ2n) is 5.08. The molecule has 0 aliphatic heterocycles. The molecular formula is C14H25NO3. The van der Waals surface area contributed by atoms with Crippen LogP contribution >= 0.6 is 0 Å². The molecule has 0 N–H and O–H groups in total. The summed E-state index contributed by atoms with van der Waals surface area (Å²) >= 11 is 0. The Kier molecular flexibility index (Phi) is 6.94. The Hall–Kier alpha value is -0.900. The predicted molar refractivity (Wildman–Crippen MR) is 70.4 cm³/mol. The van der Waals surface area contributed by atoms with Crippen molar-refractivity contribution in [3.8, 4) is 0 Å². The third-order valence-electron chi connectivity index (χ3n) is 3.52. The number of esters is 1. The van der Waals surface area contributed by atoms with E-state index >= 15 is 0 Å². The summed E-state index contributed by atoms with van der Waals surface area (Å²) in [5.74, 6) is -0.447. The third-order valence-corrected chi connectivity index (χ3v) is 3.52. The van der Waals surface area contributed by atoms with Gasteiger partial charge in [-0.25, -0.2) is 0 Å². The number of hydrogen-bond donors (Lipinski definition) is 0. The number of rotatable bonds is 6. The lowest BCUT2D eigenvalue weighted by Gasteiger charge is -2.26. The van der Waals surface area contributed by atoms with Crippen molar-refractivity contribution >= 4 is 11.8 Å². The first-order valence-electron chi connectivity index (χ1n) is 7.01. The topological polar surface area (TPSA) is 46.6 Å². The van der Waals surface area contributed by atoms with Crippen molar-refractivity contribution in [3.63, 3.8) is 0 Å². The Morgan fingerprint density at radius 1 is 1.17 bits per heavy atom. The normalized spacial score (nSPS) is 17.5. The summed E-state index contributed by atoms with van der Waals surface area (Å²) in [4.78, 5) is 25.0. The van der Waals surface area contributed by atoms with Crippen molar-refractivity contribution in [2.45, 2.75) is 57.9 Å². The first-order valence-corrected chi connectivity index (χ1v) is 7.01. The molecule has 0 aromatic heterocycles. The predicted octanol–water partition coefficient (Wildman–Crippen LogP) is 2.16. The van der Waals surface area contributed by atoms with E-state index in [0.717, 1.165) is 0 Å². The molecular weight excluding hydrogens is 230 g/mol. The molecule has 0 radical (unpaired) electrons. The Bertz CT molecular complexity index is 270. The SMILES string of the molecule is CCOC(=O)CC(=O)CN(C)C1CCCCCC1. The lowest BCUT2D eigenvalue weighted by Crippen LogP contribution is -2.36. The summed E-state index contributed by atoms with van der Waals surface area (Å²) in [6.07, 6.45) is 7.36. The monoisotopic (exact) mass is 255 g/mol. The van der Waals surface area contributed by atoms with Crippen LogP contribution < -0.4 is 0 Å². The molecule has 1 aliphatic carbocycles.